The van der Waals surface area contributed by atoms with E-state index < -0.39 is 5.82 Å². The second kappa shape index (κ2) is 11.1. The van der Waals surface area contributed by atoms with Crippen LogP contribution in [0.3, 0.4) is 0 Å². The molecule has 5 rings (SSSR count). The van der Waals surface area contributed by atoms with Crippen molar-refractivity contribution in [1.82, 2.24) is 15.0 Å². The molecule has 4 heterocycles. The highest BCUT2D eigenvalue weighted by molar-refractivity contribution is 5.78. The predicted octanol–water partition coefficient (Wildman–Crippen LogP) is 4.03. The Morgan fingerprint density at radius 2 is 1.77 bits per heavy atom. The molecule has 1 aromatic carbocycles. The number of ether oxygens (including phenoxy) is 1. The van der Waals surface area contributed by atoms with Crippen LogP contribution in [-0.2, 0) is 4.74 Å². The summed E-state index contributed by atoms with van der Waals surface area (Å²) in [4.78, 5) is 16.9. The molecular weight excluding hydrogens is 447 g/mol. The maximum Gasteiger partial charge on any atom is 0.245 e. The van der Waals surface area contributed by atoms with Gasteiger partial charge < -0.3 is 19.9 Å². The molecule has 0 aliphatic carbocycles. The second-order valence-corrected chi connectivity index (χ2v) is 8.53. The lowest BCUT2D eigenvalue weighted by molar-refractivity contribution is 0.122. The van der Waals surface area contributed by atoms with Crippen molar-refractivity contribution in [3.63, 3.8) is 0 Å². The highest BCUT2D eigenvalue weighted by atomic mass is 19.1. The van der Waals surface area contributed by atoms with Crippen molar-refractivity contribution < 1.29 is 9.13 Å². The van der Waals surface area contributed by atoms with E-state index in [0.29, 0.717) is 32.0 Å². The molecule has 2 fully saturated rings. The van der Waals surface area contributed by atoms with Crippen molar-refractivity contribution in [2.45, 2.75) is 19.3 Å². The van der Waals surface area contributed by atoms with Crippen molar-refractivity contribution in [2.24, 2.45) is 5.10 Å². The van der Waals surface area contributed by atoms with Crippen molar-refractivity contribution in [2.75, 3.05) is 59.9 Å². The van der Waals surface area contributed by atoms with Crippen LogP contribution in [0.5, 0.6) is 0 Å². The third kappa shape index (κ3) is 6.02. The van der Waals surface area contributed by atoms with Gasteiger partial charge in [0.15, 0.2) is 11.6 Å². The monoisotopic (exact) mass is 476 g/mol. The zero-order chi connectivity index (χ0) is 23.9. The molecule has 10 heteroatoms. The van der Waals surface area contributed by atoms with E-state index in [1.807, 2.05) is 17.0 Å². The zero-order valence-corrected chi connectivity index (χ0v) is 19.5. The van der Waals surface area contributed by atoms with E-state index in [9.17, 15) is 4.39 Å². The van der Waals surface area contributed by atoms with E-state index in [1.165, 1.54) is 24.9 Å². The van der Waals surface area contributed by atoms with Gasteiger partial charge in [-0.1, -0.05) is 6.07 Å². The number of aromatic nitrogens is 3. The van der Waals surface area contributed by atoms with Crippen molar-refractivity contribution in [3.05, 3.63) is 60.3 Å². The Balaban J connectivity index is 1.18. The molecule has 2 aliphatic rings. The summed E-state index contributed by atoms with van der Waals surface area (Å²) in [6, 6.07) is 12.3. The maximum absolute atomic E-state index is 14.2. The standard InChI is InChI=1S/C25H29FN8O/c26-23-18-28-25(31-24(23)34-11-13-35-14-12-34)32-29-17-20-7-8-21(16-27-20)30-19-5-4-6-22(15-19)33-9-2-1-3-10-33/h4-8,15-18,30H,1-3,9-14H2,(H,28,31,32)/b29-17+. The van der Waals surface area contributed by atoms with E-state index in [1.54, 1.807) is 12.4 Å². The van der Waals surface area contributed by atoms with Crippen LogP contribution in [0.4, 0.5) is 33.2 Å². The SMILES string of the molecule is Fc1cnc(N/N=C/c2ccc(Nc3cccc(N4CCCCC4)c3)cn2)nc1N1CCOCC1. The molecular formula is C25H29FN8O. The molecule has 182 valence electrons. The van der Waals surface area contributed by atoms with Gasteiger partial charge in [0, 0.05) is 37.6 Å². The van der Waals surface area contributed by atoms with Gasteiger partial charge in [0.25, 0.3) is 0 Å². The molecule has 9 nitrogen and oxygen atoms in total. The minimum atomic E-state index is -0.465. The molecule has 0 saturated carbocycles. The highest BCUT2D eigenvalue weighted by Gasteiger charge is 2.17. The fourth-order valence-corrected chi connectivity index (χ4v) is 4.22. The number of hydrogen-bond donors (Lipinski definition) is 2. The van der Waals surface area contributed by atoms with Crippen LogP contribution in [0.15, 0.2) is 53.9 Å². The van der Waals surface area contributed by atoms with Crippen LogP contribution in [-0.4, -0.2) is 60.6 Å². The van der Waals surface area contributed by atoms with E-state index in [-0.39, 0.29) is 11.8 Å². The molecule has 0 atom stereocenters. The highest BCUT2D eigenvalue weighted by Crippen LogP contribution is 2.25. The molecule has 2 N–H and O–H groups in total. The Bertz CT molecular complexity index is 1140. The normalized spacial score (nSPS) is 16.5. The van der Waals surface area contributed by atoms with Gasteiger partial charge in [-0.2, -0.15) is 10.1 Å². The molecule has 0 spiro atoms. The Morgan fingerprint density at radius 3 is 2.57 bits per heavy atom. The summed E-state index contributed by atoms with van der Waals surface area (Å²) in [5, 5.41) is 7.57. The Labute approximate surface area is 204 Å². The predicted molar refractivity (Wildman–Crippen MR) is 136 cm³/mol. The topological polar surface area (TPSA) is 90.8 Å². The van der Waals surface area contributed by atoms with Crippen molar-refractivity contribution in [1.29, 1.82) is 0 Å². The van der Waals surface area contributed by atoms with Gasteiger partial charge in [-0.15, -0.1) is 0 Å². The van der Waals surface area contributed by atoms with Crippen LogP contribution in [0, 0.1) is 5.82 Å². The summed E-state index contributed by atoms with van der Waals surface area (Å²) in [5.74, 6) is 0.00238. The van der Waals surface area contributed by atoms with Gasteiger partial charge in [-0.3, -0.25) is 4.98 Å². The summed E-state index contributed by atoms with van der Waals surface area (Å²) in [6.07, 6.45) is 8.30. The number of nitrogens with one attached hydrogen (secondary N) is 2. The first-order valence-electron chi connectivity index (χ1n) is 12.0. The maximum atomic E-state index is 14.2. The lowest BCUT2D eigenvalue weighted by atomic mass is 10.1. The van der Waals surface area contributed by atoms with Crippen LogP contribution in [0.1, 0.15) is 25.0 Å². The smallest absolute Gasteiger partial charge is 0.245 e. The van der Waals surface area contributed by atoms with E-state index in [0.717, 1.165) is 30.7 Å². The molecule has 0 bridgehead atoms. The molecule has 2 aromatic heterocycles. The van der Waals surface area contributed by atoms with E-state index >= 15 is 0 Å². The zero-order valence-electron chi connectivity index (χ0n) is 19.5. The van der Waals surface area contributed by atoms with E-state index in [2.05, 4.69) is 60.0 Å². The van der Waals surface area contributed by atoms with Gasteiger partial charge in [-0.05, 0) is 49.6 Å². The first-order valence-corrected chi connectivity index (χ1v) is 12.0. The lowest BCUT2D eigenvalue weighted by Crippen LogP contribution is -2.37. The third-order valence-electron chi connectivity index (χ3n) is 6.04. The number of halogens is 1. The summed E-state index contributed by atoms with van der Waals surface area (Å²) < 4.78 is 19.5. The fraction of sp³-hybridized carbons (Fsp3) is 0.360. The lowest BCUT2D eigenvalue weighted by Gasteiger charge is -2.29. The van der Waals surface area contributed by atoms with Crippen LogP contribution < -0.4 is 20.5 Å². The number of benzene rings is 1. The van der Waals surface area contributed by atoms with Gasteiger partial charge in [0.05, 0.1) is 43.2 Å². The summed E-state index contributed by atoms with van der Waals surface area (Å²) in [6.45, 7) is 4.50. The summed E-state index contributed by atoms with van der Waals surface area (Å²) >= 11 is 0. The average Bonchev–Trinajstić information content (AvgIpc) is 2.92. The number of hydrogen-bond acceptors (Lipinski definition) is 9. The number of anilines is 5. The largest absolute Gasteiger partial charge is 0.378 e. The average molecular weight is 477 g/mol. The molecule has 2 aliphatic heterocycles. The minimum Gasteiger partial charge on any atom is -0.378 e. The summed E-state index contributed by atoms with van der Waals surface area (Å²) in [7, 11) is 0. The molecule has 0 unspecified atom stereocenters. The first-order chi connectivity index (χ1) is 17.2. The van der Waals surface area contributed by atoms with Gasteiger partial charge in [0.1, 0.15) is 0 Å². The third-order valence-corrected chi connectivity index (χ3v) is 6.04. The van der Waals surface area contributed by atoms with Gasteiger partial charge in [-0.25, -0.2) is 14.8 Å². The number of hydrazone groups is 1. The van der Waals surface area contributed by atoms with Gasteiger partial charge in [0.2, 0.25) is 5.95 Å². The Morgan fingerprint density at radius 1 is 0.914 bits per heavy atom. The minimum absolute atomic E-state index is 0.219. The van der Waals surface area contributed by atoms with Crippen molar-refractivity contribution >= 4 is 35.0 Å². The number of piperidine rings is 1. The molecule has 0 amide bonds. The number of rotatable bonds is 7. The Hall–Kier alpha value is -3.79. The quantitative estimate of drug-likeness (QED) is 0.390. The molecule has 2 saturated heterocycles. The van der Waals surface area contributed by atoms with Crippen LogP contribution in [0.25, 0.3) is 0 Å². The van der Waals surface area contributed by atoms with Crippen LogP contribution >= 0.6 is 0 Å². The molecule has 35 heavy (non-hydrogen) atoms. The van der Waals surface area contributed by atoms with E-state index in [4.69, 9.17) is 4.74 Å². The molecule has 0 radical (unpaired) electrons. The fourth-order valence-electron chi connectivity index (χ4n) is 4.22. The second-order valence-electron chi connectivity index (χ2n) is 8.53. The van der Waals surface area contributed by atoms with Gasteiger partial charge >= 0.3 is 0 Å². The van der Waals surface area contributed by atoms with Crippen molar-refractivity contribution in [3.8, 4) is 0 Å². The Kier molecular flexibility index (Phi) is 7.28. The number of morpholine rings is 1. The molecule has 3 aromatic rings. The number of nitrogens with zero attached hydrogens (tertiary/aromatic N) is 6. The first kappa shape index (κ1) is 23.0. The summed E-state index contributed by atoms with van der Waals surface area (Å²) in [5.41, 5.74) is 6.59. The van der Waals surface area contributed by atoms with Crippen LogP contribution in [0.2, 0.25) is 0 Å². The number of pyridine rings is 1.